The molecule has 3 radical (unpaired) electrons. The van der Waals surface area contributed by atoms with Gasteiger partial charge in [-0.3, -0.25) is 9.59 Å². The molecule has 2 aliphatic rings. The highest BCUT2D eigenvalue weighted by atomic mass is 35.5. The largest absolute Gasteiger partial charge is 0.484 e. The maximum atomic E-state index is 13.5. The number of nitrogens with one attached hydrogen (secondary N) is 3. The van der Waals surface area contributed by atoms with Crippen LogP contribution in [0, 0.1) is 23.6 Å². The fourth-order valence-corrected chi connectivity index (χ4v) is 5.24. The van der Waals surface area contributed by atoms with Crippen LogP contribution in [0.1, 0.15) is 45.4 Å². The van der Waals surface area contributed by atoms with Gasteiger partial charge in [0.05, 0.1) is 27.1 Å². The summed E-state index contributed by atoms with van der Waals surface area (Å²) in [6, 6.07) is 3.80. The lowest BCUT2D eigenvalue weighted by atomic mass is 9.81. The van der Waals surface area contributed by atoms with Crippen molar-refractivity contribution in [2.75, 3.05) is 19.7 Å². The van der Waals surface area contributed by atoms with Gasteiger partial charge in [0.2, 0.25) is 5.91 Å². The molecule has 1 saturated carbocycles. The van der Waals surface area contributed by atoms with Gasteiger partial charge in [0, 0.05) is 30.4 Å². The second-order valence-corrected chi connectivity index (χ2v) is 11.2. The highest BCUT2D eigenvalue weighted by molar-refractivity contribution is 6.30. The van der Waals surface area contributed by atoms with Gasteiger partial charge in [0.25, 0.3) is 5.91 Å². The topological polar surface area (TPSA) is 79.5 Å². The number of rotatable bonds is 8. The molecule has 36 heavy (non-hydrogen) atoms. The summed E-state index contributed by atoms with van der Waals surface area (Å²) in [4.78, 5) is 25.0. The molecular weight excluding hydrogens is 518 g/mol. The molecule has 1 aliphatic carbocycles. The van der Waals surface area contributed by atoms with Gasteiger partial charge in [-0.2, -0.15) is 13.2 Å². The first-order valence-corrected chi connectivity index (χ1v) is 13.0. The molecule has 199 valence electrons. The number of hydrogen-bond acceptors (Lipinski definition) is 4. The molecule has 6 nitrogen and oxygen atoms in total. The van der Waals surface area contributed by atoms with E-state index in [1.165, 1.54) is 12.1 Å². The van der Waals surface area contributed by atoms with Crippen LogP contribution in [0.15, 0.2) is 18.2 Å². The number of carbonyl (C=O) groups is 2. The Labute approximate surface area is 216 Å². The molecule has 12 heteroatoms. The monoisotopic (exact) mass is 548 g/mol. The van der Waals surface area contributed by atoms with E-state index in [1.54, 1.807) is 0 Å². The third kappa shape index (κ3) is 8.07. The van der Waals surface area contributed by atoms with Crippen molar-refractivity contribution in [2.24, 2.45) is 17.8 Å². The number of halogens is 5. The molecule has 2 fully saturated rings. The third-order valence-corrected chi connectivity index (χ3v) is 7.94. The van der Waals surface area contributed by atoms with Crippen LogP contribution in [-0.4, -0.2) is 59.1 Å². The van der Waals surface area contributed by atoms with Crippen molar-refractivity contribution in [3.63, 3.8) is 0 Å². The van der Waals surface area contributed by atoms with Crippen LogP contribution in [0.3, 0.4) is 0 Å². The second-order valence-electron chi connectivity index (χ2n) is 9.81. The first-order valence-electron chi connectivity index (χ1n) is 12.1. The summed E-state index contributed by atoms with van der Waals surface area (Å²) >= 11 is 5.63. The van der Waals surface area contributed by atoms with Crippen LogP contribution in [0.5, 0.6) is 5.75 Å². The van der Waals surface area contributed by atoms with E-state index < -0.39 is 29.0 Å². The maximum Gasteiger partial charge on any atom is 0.391 e. The van der Waals surface area contributed by atoms with E-state index in [0.29, 0.717) is 38.8 Å². The predicted molar refractivity (Wildman–Crippen MR) is 128 cm³/mol. The first kappa shape index (κ1) is 28.7. The van der Waals surface area contributed by atoms with Crippen molar-refractivity contribution in [3.8, 4) is 5.75 Å². The lowest BCUT2D eigenvalue weighted by Crippen LogP contribution is -2.62. The molecule has 1 heterocycles. The van der Waals surface area contributed by atoms with Crippen LogP contribution >= 0.6 is 11.6 Å². The zero-order valence-electron chi connectivity index (χ0n) is 20.0. The van der Waals surface area contributed by atoms with Crippen LogP contribution in [0.25, 0.3) is 0 Å². The molecule has 1 unspecified atom stereocenters. The van der Waals surface area contributed by atoms with Crippen molar-refractivity contribution >= 4 is 33.7 Å². The Morgan fingerprint density at radius 3 is 2.53 bits per heavy atom. The lowest BCUT2D eigenvalue weighted by molar-refractivity contribution is -0.183. The molecular formula is C24H31ClF4N3O3Si. The summed E-state index contributed by atoms with van der Waals surface area (Å²) < 4.78 is 57.3. The zero-order chi connectivity index (χ0) is 26.5. The molecule has 3 rings (SSSR count). The molecule has 0 aromatic heterocycles. The number of carbonyl (C=O) groups excluding carboxylic acids is 2. The van der Waals surface area contributed by atoms with E-state index >= 15 is 0 Å². The summed E-state index contributed by atoms with van der Waals surface area (Å²) in [6.07, 6.45) is -1.82. The second kappa shape index (κ2) is 12.1. The minimum atomic E-state index is -4.14. The zero-order valence-corrected chi connectivity index (χ0v) is 21.8. The Hall–Kier alpha value is -1.85. The van der Waals surface area contributed by atoms with Gasteiger partial charge in [-0.15, -0.1) is 0 Å². The summed E-state index contributed by atoms with van der Waals surface area (Å²) in [5, 5.41) is 8.28. The fraction of sp³-hybridized carbons (Fsp3) is 0.667. The van der Waals surface area contributed by atoms with Crippen molar-refractivity contribution in [2.45, 2.75) is 62.8 Å². The SMILES string of the molecule is C[C@H](C(=O)NCC1CCC(C(F)(F)F)CC1)C1CC[C@@]([Si])(NC(=O)COc2ccc(Cl)c(F)c2)CN1. The molecule has 3 atom stereocenters. The average Bonchev–Trinajstić information content (AvgIpc) is 2.83. The van der Waals surface area contributed by atoms with Crippen LogP contribution in [0.4, 0.5) is 17.6 Å². The smallest absolute Gasteiger partial charge is 0.391 e. The van der Waals surface area contributed by atoms with Crippen LogP contribution in [0.2, 0.25) is 5.02 Å². The fourth-order valence-electron chi connectivity index (χ4n) is 4.73. The van der Waals surface area contributed by atoms with Gasteiger partial charge in [-0.25, -0.2) is 4.39 Å². The number of amides is 2. The quantitative estimate of drug-likeness (QED) is 0.342. The van der Waals surface area contributed by atoms with Crippen LogP contribution < -0.4 is 20.7 Å². The molecule has 3 N–H and O–H groups in total. The van der Waals surface area contributed by atoms with Gasteiger partial charge in [-0.05, 0) is 56.6 Å². The Bertz CT molecular complexity index is 920. The van der Waals surface area contributed by atoms with Crippen molar-refractivity contribution in [1.29, 1.82) is 0 Å². The molecule has 1 aromatic carbocycles. The third-order valence-electron chi connectivity index (χ3n) is 7.08. The summed E-state index contributed by atoms with van der Waals surface area (Å²) in [7, 11) is 3.61. The first-order chi connectivity index (χ1) is 16.9. The Morgan fingerprint density at radius 1 is 1.25 bits per heavy atom. The Balaban J connectivity index is 1.37. The van der Waals surface area contributed by atoms with E-state index in [-0.39, 0.29) is 54.0 Å². The summed E-state index contributed by atoms with van der Waals surface area (Å²) in [5.74, 6) is -2.49. The van der Waals surface area contributed by atoms with Crippen molar-refractivity contribution < 1.29 is 31.9 Å². The molecule has 1 aliphatic heterocycles. The van der Waals surface area contributed by atoms with E-state index in [1.807, 2.05) is 6.92 Å². The molecule has 0 spiro atoms. The summed E-state index contributed by atoms with van der Waals surface area (Å²) in [6.45, 7) is 2.26. The standard InChI is InChI=1S/C24H31ClF4N3O3Si/c1-14(22(34)30-11-15-2-4-16(5-3-15)24(27,28)29)20-8-9-23(36,13-31-20)32-21(33)12-35-17-6-7-18(25)19(26)10-17/h6-7,10,14-16,20,31H,2-5,8-9,11-13H2,1H3,(H,30,34)(H,32,33)/t14-,15?,16?,20?,23-/m0/s1. The molecule has 2 amide bonds. The highest BCUT2D eigenvalue weighted by Crippen LogP contribution is 2.39. The molecule has 1 saturated heterocycles. The minimum Gasteiger partial charge on any atom is -0.484 e. The summed E-state index contributed by atoms with van der Waals surface area (Å²) in [5.41, 5.74) is 0. The average molecular weight is 549 g/mol. The van der Waals surface area contributed by atoms with Gasteiger partial charge in [0.1, 0.15) is 11.6 Å². The molecule has 1 aromatic rings. The van der Waals surface area contributed by atoms with Crippen molar-refractivity contribution in [3.05, 3.63) is 29.0 Å². The highest BCUT2D eigenvalue weighted by Gasteiger charge is 2.41. The number of benzene rings is 1. The maximum absolute atomic E-state index is 13.5. The van der Waals surface area contributed by atoms with Gasteiger partial charge < -0.3 is 20.7 Å². The number of hydrogen-bond donors (Lipinski definition) is 3. The van der Waals surface area contributed by atoms with E-state index in [0.717, 1.165) is 6.07 Å². The van der Waals surface area contributed by atoms with E-state index in [2.05, 4.69) is 26.2 Å². The van der Waals surface area contributed by atoms with Gasteiger partial charge in [0.15, 0.2) is 6.61 Å². The lowest BCUT2D eigenvalue weighted by Gasteiger charge is -2.40. The molecule has 0 bridgehead atoms. The van der Waals surface area contributed by atoms with E-state index in [9.17, 15) is 27.2 Å². The Morgan fingerprint density at radius 2 is 1.94 bits per heavy atom. The number of piperidine rings is 1. The van der Waals surface area contributed by atoms with Crippen LogP contribution in [-0.2, 0) is 9.59 Å². The minimum absolute atomic E-state index is 0.0373. The van der Waals surface area contributed by atoms with Gasteiger partial charge in [-0.1, -0.05) is 18.5 Å². The van der Waals surface area contributed by atoms with Crippen molar-refractivity contribution in [1.82, 2.24) is 16.0 Å². The van der Waals surface area contributed by atoms with Gasteiger partial charge >= 0.3 is 6.18 Å². The Kier molecular flexibility index (Phi) is 9.67. The van der Waals surface area contributed by atoms with E-state index in [4.69, 9.17) is 16.3 Å². The predicted octanol–water partition coefficient (Wildman–Crippen LogP) is 3.71. The normalized spacial score (nSPS) is 27.7. The number of alkyl halides is 3. The number of ether oxygens (including phenoxy) is 1.